The minimum Gasteiger partial charge on any atom is -0.397 e. The largest absolute Gasteiger partial charge is 0.397 e. The Labute approximate surface area is 145 Å². The van der Waals surface area contributed by atoms with E-state index in [4.69, 9.17) is 10.5 Å². The zero-order valence-electron chi connectivity index (χ0n) is 14.9. The SMILES string of the molecule is CC(C)CN(c1ccc(C2(C#N)CCC2)cc1N)C1CCOCC1. The lowest BCUT2D eigenvalue weighted by Gasteiger charge is -2.39. The van der Waals surface area contributed by atoms with E-state index in [1.807, 2.05) is 6.07 Å². The third kappa shape index (κ3) is 3.23. The van der Waals surface area contributed by atoms with Gasteiger partial charge in [-0.05, 0) is 55.7 Å². The first-order chi connectivity index (χ1) is 11.6. The summed E-state index contributed by atoms with van der Waals surface area (Å²) in [4.78, 5) is 2.46. The van der Waals surface area contributed by atoms with Crippen LogP contribution in [0.5, 0.6) is 0 Å². The van der Waals surface area contributed by atoms with Gasteiger partial charge in [0.2, 0.25) is 0 Å². The molecule has 0 spiro atoms. The fourth-order valence-electron chi connectivity index (χ4n) is 3.94. The normalized spacial score (nSPS) is 20.4. The molecular formula is C20H29N3O. The van der Waals surface area contributed by atoms with Crippen LogP contribution < -0.4 is 10.6 Å². The quantitative estimate of drug-likeness (QED) is 0.834. The molecule has 4 nitrogen and oxygen atoms in total. The number of hydrogen-bond donors (Lipinski definition) is 1. The van der Waals surface area contributed by atoms with Crippen molar-refractivity contribution in [2.75, 3.05) is 30.4 Å². The molecule has 1 aromatic rings. The molecule has 0 atom stereocenters. The molecule has 2 aliphatic rings. The number of benzene rings is 1. The standard InChI is InChI=1S/C20H29N3O/c1-15(2)13-23(17-6-10-24-11-7-17)19-5-4-16(12-18(19)22)20(14-21)8-3-9-20/h4-5,12,15,17H,3,6-11,13,22H2,1-2H3. The van der Waals surface area contributed by atoms with Crippen LogP contribution in [0.25, 0.3) is 0 Å². The third-order valence-electron chi connectivity index (χ3n) is 5.50. The lowest BCUT2D eigenvalue weighted by Crippen LogP contribution is -2.42. The Bertz CT molecular complexity index is 610. The van der Waals surface area contributed by atoms with E-state index in [0.717, 1.165) is 68.8 Å². The van der Waals surface area contributed by atoms with Crippen molar-refractivity contribution in [1.29, 1.82) is 5.26 Å². The van der Waals surface area contributed by atoms with E-state index in [9.17, 15) is 5.26 Å². The van der Waals surface area contributed by atoms with Crippen molar-refractivity contribution in [3.05, 3.63) is 23.8 Å². The number of nitrogens with zero attached hydrogens (tertiary/aromatic N) is 2. The number of nitrogen functional groups attached to an aromatic ring is 1. The number of rotatable bonds is 5. The first kappa shape index (κ1) is 17.1. The Kier molecular flexibility index (Phi) is 5.01. The summed E-state index contributed by atoms with van der Waals surface area (Å²) < 4.78 is 5.53. The molecule has 130 valence electrons. The highest BCUT2D eigenvalue weighted by molar-refractivity contribution is 5.70. The molecule has 1 saturated carbocycles. The molecule has 1 aliphatic heterocycles. The van der Waals surface area contributed by atoms with Crippen LogP contribution in [0, 0.1) is 17.2 Å². The van der Waals surface area contributed by atoms with Crippen LogP contribution in [0.15, 0.2) is 18.2 Å². The zero-order valence-corrected chi connectivity index (χ0v) is 14.9. The maximum atomic E-state index is 9.57. The van der Waals surface area contributed by atoms with E-state index < -0.39 is 0 Å². The third-order valence-corrected chi connectivity index (χ3v) is 5.50. The first-order valence-corrected chi connectivity index (χ1v) is 9.21. The van der Waals surface area contributed by atoms with E-state index in [-0.39, 0.29) is 5.41 Å². The summed E-state index contributed by atoms with van der Waals surface area (Å²) in [7, 11) is 0. The molecule has 1 saturated heterocycles. The summed E-state index contributed by atoms with van der Waals surface area (Å²) in [5, 5.41) is 9.57. The smallest absolute Gasteiger partial charge is 0.0823 e. The van der Waals surface area contributed by atoms with Crippen LogP contribution in [0.1, 0.15) is 51.5 Å². The molecule has 4 heteroatoms. The van der Waals surface area contributed by atoms with Gasteiger partial charge in [-0.15, -0.1) is 0 Å². The number of hydrogen-bond acceptors (Lipinski definition) is 4. The molecule has 0 aromatic heterocycles. The van der Waals surface area contributed by atoms with Crippen molar-refractivity contribution in [2.45, 2.75) is 57.4 Å². The summed E-state index contributed by atoms with van der Waals surface area (Å²) >= 11 is 0. The maximum Gasteiger partial charge on any atom is 0.0823 e. The molecule has 2 N–H and O–H groups in total. The van der Waals surface area contributed by atoms with Crippen molar-refractivity contribution in [2.24, 2.45) is 5.92 Å². The van der Waals surface area contributed by atoms with Gasteiger partial charge >= 0.3 is 0 Å². The van der Waals surface area contributed by atoms with Gasteiger partial charge in [-0.25, -0.2) is 0 Å². The molecule has 3 rings (SSSR count). The Balaban J connectivity index is 1.88. The summed E-state index contributed by atoms with van der Waals surface area (Å²) in [6.07, 6.45) is 5.15. The second kappa shape index (κ2) is 7.03. The molecule has 1 heterocycles. The van der Waals surface area contributed by atoms with Crippen molar-refractivity contribution >= 4 is 11.4 Å². The first-order valence-electron chi connectivity index (χ1n) is 9.21. The van der Waals surface area contributed by atoms with Gasteiger partial charge in [0.05, 0.1) is 22.9 Å². The number of nitrogens with two attached hydrogens (primary N) is 1. The van der Waals surface area contributed by atoms with Crippen molar-refractivity contribution in [3.8, 4) is 6.07 Å². The number of nitriles is 1. The summed E-state index contributed by atoms with van der Waals surface area (Å²) in [6.45, 7) is 7.15. The average molecular weight is 327 g/mol. The maximum absolute atomic E-state index is 9.57. The number of ether oxygens (including phenoxy) is 1. The van der Waals surface area contributed by atoms with Crippen molar-refractivity contribution in [3.63, 3.8) is 0 Å². The molecule has 1 aliphatic carbocycles. The van der Waals surface area contributed by atoms with E-state index in [1.165, 1.54) is 0 Å². The lowest BCUT2D eigenvalue weighted by molar-refractivity contribution is 0.0839. The van der Waals surface area contributed by atoms with Crippen LogP contribution in [0.2, 0.25) is 0 Å². The van der Waals surface area contributed by atoms with Crippen LogP contribution in [-0.2, 0) is 10.2 Å². The summed E-state index contributed by atoms with van der Waals surface area (Å²) in [5.74, 6) is 0.573. The Morgan fingerprint density at radius 1 is 1.33 bits per heavy atom. The lowest BCUT2D eigenvalue weighted by atomic mass is 9.65. The molecular weight excluding hydrogens is 298 g/mol. The molecule has 0 bridgehead atoms. The van der Waals surface area contributed by atoms with Crippen LogP contribution in [0.3, 0.4) is 0 Å². The van der Waals surface area contributed by atoms with Gasteiger partial charge in [-0.1, -0.05) is 19.9 Å². The van der Waals surface area contributed by atoms with Gasteiger partial charge in [0.25, 0.3) is 0 Å². The van der Waals surface area contributed by atoms with Gasteiger partial charge in [-0.3, -0.25) is 0 Å². The molecule has 0 radical (unpaired) electrons. The highest BCUT2D eigenvalue weighted by Crippen LogP contribution is 2.44. The van der Waals surface area contributed by atoms with E-state index in [0.29, 0.717) is 12.0 Å². The van der Waals surface area contributed by atoms with E-state index >= 15 is 0 Å². The predicted octanol–water partition coefficient (Wildman–Crippen LogP) is 3.86. The zero-order chi connectivity index (χ0) is 17.2. The second-order valence-electron chi connectivity index (χ2n) is 7.71. The second-order valence-corrected chi connectivity index (χ2v) is 7.71. The van der Waals surface area contributed by atoms with Crippen molar-refractivity contribution < 1.29 is 4.74 Å². The van der Waals surface area contributed by atoms with Gasteiger partial charge in [0.1, 0.15) is 0 Å². The van der Waals surface area contributed by atoms with Crippen LogP contribution >= 0.6 is 0 Å². The van der Waals surface area contributed by atoms with Gasteiger partial charge < -0.3 is 15.4 Å². The monoisotopic (exact) mass is 327 g/mol. The Morgan fingerprint density at radius 3 is 2.54 bits per heavy atom. The van der Waals surface area contributed by atoms with Crippen LogP contribution in [0.4, 0.5) is 11.4 Å². The average Bonchev–Trinajstić information content (AvgIpc) is 2.53. The summed E-state index contributed by atoms with van der Waals surface area (Å²) in [6, 6.07) is 9.32. The highest BCUT2D eigenvalue weighted by atomic mass is 16.5. The molecule has 2 fully saturated rings. The van der Waals surface area contributed by atoms with E-state index in [1.54, 1.807) is 0 Å². The topological polar surface area (TPSA) is 62.3 Å². The Morgan fingerprint density at radius 2 is 2.04 bits per heavy atom. The molecule has 0 amide bonds. The van der Waals surface area contributed by atoms with Crippen molar-refractivity contribution in [1.82, 2.24) is 0 Å². The fourth-order valence-corrected chi connectivity index (χ4v) is 3.94. The minimum atomic E-state index is -0.297. The molecule has 24 heavy (non-hydrogen) atoms. The summed E-state index contributed by atoms with van der Waals surface area (Å²) in [5.41, 5.74) is 9.17. The molecule has 0 unspecified atom stereocenters. The minimum absolute atomic E-state index is 0.297. The Hall–Kier alpha value is -1.73. The fraction of sp³-hybridized carbons (Fsp3) is 0.650. The highest BCUT2D eigenvalue weighted by Gasteiger charge is 2.39. The van der Waals surface area contributed by atoms with Gasteiger partial charge in [0, 0.05) is 25.8 Å². The van der Waals surface area contributed by atoms with Crippen LogP contribution in [-0.4, -0.2) is 25.8 Å². The van der Waals surface area contributed by atoms with E-state index in [2.05, 4.69) is 36.9 Å². The number of anilines is 2. The molecule has 1 aromatic carbocycles. The van der Waals surface area contributed by atoms with Gasteiger partial charge in [-0.2, -0.15) is 5.26 Å². The van der Waals surface area contributed by atoms with Gasteiger partial charge in [0.15, 0.2) is 0 Å². The predicted molar refractivity (Wildman–Crippen MR) is 98.0 cm³/mol.